The highest BCUT2D eigenvalue weighted by Crippen LogP contribution is 2.25. The molecule has 92 valence electrons. The largest absolute Gasteiger partial charge is 0.324 e. The fourth-order valence-electron chi connectivity index (χ4n) is 1.51. The molecule has 1 rings (SSSR count). The summed E-state index contributed by atoms with van der Waals surface area (Å²) in [6.07, 6.45) is 0.414. The first-order valence-corrected chi connectivity index (χ1v) is 4.82. The zero-order valence-corrected chi connectivity index (χ0v) is 9.95. The predicted molar refractivity (Wildman–Crippen MR) is 59.9 cm³/mol. The van der Waals surface area contributed by atoms with Crippen LogP contribution in [-0.4, -0.2) is 0 Å². The van der Waals surface area contributed by atoms with Crippen molar-refractivity contribution in [3.8, 4) is 0 Å². The summed E-state index contributed by atoms with van der Waals surface area (Å²) in [4.78, 5) is 0. The lowest BCUT2D eigenvalue weighted by molar-refractivity contribution is 0.436. The van der Waals surface area contributed by atoms with Gasteiger partial charge < -0.3 is 5.73 Å². The van der Waals surface area contributed by atoms with Gasteiger partial charge in [-0.2, -0.15) is 0 Å². The Kier molecular flexibility index (Phi) is 5.83. The summed E-state index contributed by atoms with van der Waals surface area (Å²) in [5.74, 6) is -2.84. The van der Waals surface area contributed by atoms with E-state index in [4.69, 9.17) is 5.73 Å². The lowest BCUT2D eigenvalue weighted by atomic mass is 9.97. The standard InChI is InChI=1S/C11H14F3N.ClH/c1-6(2)5-9(15)10-7(12)3-4-8(13)11(10)14;/h3-4,6,9H,5,15H2,1-2H3;1H/t9-;/m0./s1. The van der Waals surface area contributed by atoms with Gasteiger partial charge >= 0.3 is 0 Å². The van der Waals surface area contributed by atoms with E-state index < -0.39 is 23.5 Å². The van der Waals surface area contributed by atoms with Gasteiger partial charge in [0.15, 0.2) is 11.6 Å². The third-order valence-corrected chi connectivity index (χ3v) is 2.18. The molecule has 0 aliphatic rings. The van der Waals surface area contributed by atoms with Gasteiger partial charge in [-0.3, -0.25) is 0 Å². The van der Waals surface area contributed by atoms with Crippen LogP contribution in [-0.2, 0) is 0 Å². The summed E-state index contributed by atoms with van der Waals surface area (Å²) in [5.41, 5.74) is 5.26. The van der Waals surface area contributed by atoms with Gasteiger partial charge in [0, 0.05) is 11.6 Å². The smallest absolute Gasteiger partial charge is 0.166 e. The second kappa shape index (κ2) is 6.11. The molecule has 16 heavy (non-hydrogen) atoms. The molecule has 0 spiro atoms. The summed E-state index contributed by atoms with van der Waals surface area (Å²) in [5, 5.41) is 0. The number of hydrogen-bond acceptors (Lipinski definition) is 1. The molecule has 1 nitrogen and oxygen atoms in total. The zero-order valence-electron chi connectivity index (χ0n) is 9.14. The van der Waals surface area contributed by atoms with Gasteiger partial charge in [0.1, 0.15) is 5.82 Å². The van der Waals surface area contributed by atoms with E-state index in [2.05, 4.69) is 0 Å². The molecule has 1 aromatic rings. The highest BCUT2D eigenvalue weighted by atomic mass is 35.5. The van der Waals surface area contributed by atoms with E-state index in [9.17, 15) is 13.2 Å². The lowest BCUT2D eigenvalue weighted by Gasteiger charge is -2.16. The average molecular weight is 254 g/mol. The quantitative estimate of drug-likeness (QED) is 0.819. The van der Waals surface area contributed by atoms with Gasteiger partial charge in [-0.15, -0.1) is 12.4 Å². The molecule has 0 aliphatic heterocycles. The van der Waals surface area contributed by atoms with E-state index >= 15 is 0 Å². The van der Waals surface area contributed by atoms with Crippen LogP contribution in [0, 0.1) is 23.4 Å². The molecule has 0 aromatic heterocycles. The summed E-state index contributed by atoms with van der Waals surface area (Å²) >= 11 is 0. The molecule has 0 bridgehead atoms. The van der Waals surface area contributed by atoms with Crippen molar-refractivity contribution in [2.45, 2.75) is 26.3 Å². The van der Waals surface area contributed by atoms with E-state index in [1.807, 2.05) is 13.8 Å². The van der Waals surface area contributed by atoms with E-state index in [1.165, 1.54) is 0 Å². The Bertz CT molecular complexity index is 355. The monoisotopic (exact) mass is 253 g/mol. The topological polar surface area (TPSA) is 26.0 Å². The van der Waals surface area contributed by atoms with Crippen LogP contribution in [0.1, 0.15) is 31.9 Å². The fraction of sp³-hybridized carbons (Fsp3) is 0.455. The minimum Gasteiger partial charge on any atom is -0.324 e. The molecule has 0 saturated heterocycles. The van der Waals surface area contributed by atoms with Crippen molar-refractivity contribution in [1.29, 1.82) is 0 Å². The van der Waals surface area contributed by atoms with Crippen LogP contribution in [0.4, 0.5) is 13.2 Å². The first-order valence-electron chi connectivity index (χ1n) is 4.82. The minimum absolute atomic E-state index is 0. The van der Waals surface area contributed by atoms with Crippen molar-refractivity contribution < 1.29 is 13.2 Å². The number of halogens is 4. The molecule has 1 aromatic carbocycles. The molecule has 2 N–H and O–H groups in total. The summed E-state index contributed by atoms with van der Waals surface area (Å²) in [6, 6.07) is 0.852. The van der Waals surface area contributed by atoms with E-state index in [0.29, 0.717) is 6.42 Å². The van der Waals surface area contributed by atoms with Crippen molar-refractivity contribution in [3.63, 3.8) is 0 Å². The second-order valence-corrected chi connectivity index (χ2v) is 3.99. The van der Waals surface area contributed by atoms with E-state index in [-0.39, 0.29) is 23.9 Å². The Balaban J connectivity index is 0.00000225. The Hall–Kier alpha value is -0.740. The molecule has 1 atom stereocenters. The lowest BCUT2D eigenvalue weighted by Crippen LogP contribution is -2.17. The SMILES string of the molecule is CC(C)C[C@H](N)c1c(F)ccc(F)c1F.Cl. The van der Waals surface area contributed by atoms with Gasteiger partial charge in [0.05, 0.1) is 0 Å². The van der Waals surface area contributed by atoms with Gasteiger partial charge in [-0.25, -0.2) is 13.2 Å². The molecular formula is C11H15ClF3N. The van der Waals surface area contributed by atoms with Crippen LogP contribution in [0.3, 0.4) is 0 Å². The Morgan fingerprint density at radius 2 is 1.62 bits per heavy atom. The van der Waals surface area contributed by atoms with Crippen LogP contribution >= 0.6 is 12.4 Å². The van der Waals surface area contributed by atoms with Crippen molar-refractivity contribution in [3.05, 3.63) is 35.1 Å². The molecule has 0 amide bonds. The van der Waals surface area contributed by atoms with Crippen molar-refractivity contribution >= 4 is 12.4 Å². The molecule has 5 heteroatoms. The maximum atomic E-state index is 13.3. The van der Waals surface area contributed by atoms with Crippen LogP contribution in [0.2, 0.25) is 0 Å². The fourth-order valence-corrected chi connectivity index (χ4v) is 1.51. The minimum atomic E-state index is -1.18. The Morgan fingerprint density at radius 3 is 2.12 bits per heavy atom. The molecule has 0 aliphatic carbocycles. The summed E-state index contributed by atoms with van der Waals surface area (Å²) in [6.45, 7) is 3.77. The van der Waals surface area contributed by atoms with Crippen LogP contribution in [0.15, 0.2) is 12.1 Å². The third kappa shape index (κ3) is 3.39. The average Bonchev–Trinajstić information content (AvgIpc) is 2.11. The molecule has 0 saturated carbocycles. The number of benzene rings is 1. The summed E-state index contributed by atoms with van der Waals surface area (Å²) < 4.78 is 39.4. The van der Waals surface area contributed by atoms with Gasteiger partial charge in [0.25, 0.3) is 0 Å². The highest BCUT2D eigenvalue weighted by Gasteiger charge is 2.20. The van der Waals surface area contributed by atoms with Crippen molar-refractivity contribution in [2.75, 3.05) is 0 Å². The molecule has 0 unspecified atom stereocenters. The normalized spacial score (nSPS) is 12.4. The molecular weight excluding hydrogens is 239 g/mol. The van der Waals surface area contributed by atoms with Crippen molar-refractivity contribution in [1.82, 2.24) is 0 Å². The van der Waals surface area contributed by atoms with Crippen LogP contribution in [0.25, 0.3) is 0 Å². The van der Waals surface area contributed by atoms with Gasteiger partial charge in [-0.05, 0) is 24.5 Å². The number of rotatable bonds is 3. The summed E-state index contributed by atoms with van der Waals surface area (Å²) in [7, 11) is 0. The van der Waals surface area contributed by atoms with Crippen molar-refractivity contribution in [2.24, 2.45) is 11.7 Å². The second-order valence-electron chi connectivity index (χ2n) is 3.99. The zero-order chi connectivity index (χ0) is 11.6. The first kappa shape index (κ1) is 15.3. The van der Waals surface area contributed by atoms with Gasteiger partial charge in [-0.1, -0.05) is 13.8 Å². The molecule has 0 heterocycles. The Labute approximate surface area is 99.2 Å². The molecule has 0 fully saturated rings. The highest BCUT2D eigenvalue weighted by molar-refractivity contribution is 5.85. The first-order chi connectivity index (χ1) is 6.93. The van der Waals surface area contributed by atoms with Crippen LogP contribution in [0.5, 0.6) is 0 Å². The molecule has 0 radical (unpaired) electrons. The van der Waals surface area contributed by atoms with E-state index in [1.54, 1.807) is 0 Å². The third-order valence-electron chi connectivity index (χ3n) is 2.18. The van der Waals surface area contributed by atoms with E-state index in [0.717, 1.165) is 12.1 Å². The maximum Gasteiger partial charge on any atom is 0.166 e. The predicted octanol–water partition coefficient (Wildman–Crippen LogP) is 3.57. The number of nitrogens with two attached hydrogens (primary N) is 1. The number of hydrogen-bond donors (Lipinski definition) is 1. The maximum absolute atomic E-state index is 13.3. The van der Waals surface area contributed by atoms with Gasteiger partial charge in [0.2, 0.25) is 0 Å². The Morgan fingerprint density at radius 1 is 1.12 bits per heavy atom. The van der Waals surface area contributed by atoms with Crippen LogP contribution < -0.4 is 5.73 Å².